The highest BCUT2D eigenvalue weighted by atomic mass is 32.1. The minimum atomic E-state index is -0.605. The van der Waals surface area contributed by atoms with Crippen LogP contribution in [-0.2, 0) is 19.1 Å². The van der Waals surface area contributed by atoms with E-state index in [0.717, 1.165) is 0 Å². The molecule has 0 saturated carbocycles. The maximum Gasteiger partial charge on any atom is 0.350 e. The number of aromatic nitrogens is 2. The van der Waals surface area contributed by atoms with Crippen LogP contribution in [0.2, 0.25) is 0 Å². The van der Waals surface area contributed by atoms with E-state index in [9.17, 15) is 14.4 Å². The minimum Gasteiger partial charge on any atom is -0.469 e. The molecule has 2 heterocycles. The van der Waals surface area contributed by atoms with Gasteiger partial charge in [0, 0.05) is 19.2 Å². The van der Waals surface area contributed by atoms with Gasteiger partial charge >= 0.3 is 11.9 Å². The fourth-order valence-electron chi connectivity index (χ4n) is 1.99. The molecule has 0 atom stereocenters. The van der Waals surface area contributed by atoms with Gasteiger partial charge in [0.05, 0.1) is 18.5 Å². The number of thiazole rings is 1. The lowest BCUT2D eigenvalue weighted by Crippen LogP contribution is -2.29. The van der Waals surface area contributed by atoms with Crippen LogP contribution >= 0.6 is 11.3 Å². The third-order valence-corrected chi connectivity index (χ3v) is 4.47. The standard InChI is InChI=1S/C17H19N3O5S/c1-11-15(26-16(20-11)12-6-3-4-8-18-12)17(23)25-10-13(21)19-9-5-7-14(22)24-2/h3-4,6,8H,5,7,9-10H2,1-2H3,(H,19,21). The topological polar surface area (TPSA) is 107 Å². The summed E-state index contributed by atoms with van der Waals surface area (Å²) < 4.78 is 9.53. The predicted molar refractivity (Wildman–Crippen MR) is 94.6 cm³/mol. The van der Waals surface area contributed by atoms with Crippen molar-refractivity contribution in [3.05, 3.63) is 35.0 Å². The van der Waals surface area contributed by atoms with E-state index in [1.54, 1.807) is 25.3 Å². The Balaban J connectivity index is 1.82. The maximum absolute atomic E-state index is 12.2. The summed E-state index contributed by atoms with van der Waals surface area (Å²) in [5.74, 6) is -1.38. The molecule has 9 heteroatoms. The Morgan fingerprint density at radius 2 is 2.08 bits per heavy atom. The van der Waals surface area contributed by atoms with Crippen LogP contribution in [-0.4, -0.2) is 48.1 Å². The van der Waals surface area contributed by atoms with Gasteiger partial charge in [-0.2, -0.15) is 0 Å². The second-order valence-corrected chi connectivity index (χ2v) is 6.25. The Morgan fingerprint density at radius 3 is 2.77 bits per heavy atom. The average molecular weight is 377 g/mol. The lowest BCUT2D eigenvalue weighted by molar-refractivity contribution is -0.140. The zero-order chi connectivity index (χ0) is 18.9. The molecule has 138 valence electrons. The SMILES string of the molecule is COC(=O)CCCNC(=O)COC(=O)c1sc(-c2ccccn2)nc1C. The molecule has 0 aliphatic rings. The molecule has 26 heavy (non-hydrogen) atoms. The molecule has 0 saturated heterocycles. The maximum atomic E-state index is 12.2. The van der Waals surface area contributed by atoms with Crippen molar-refractivity contribution in [3.63, 3.8) is 0 Å². The number of methoxy groups -OCH3 is 1. The molecule has 0 unspecified atom stereocenters. The number of amides is 1. The molecular weight excluding hydrogens is 358 g/mol. The first kappa shape index (κ1) is 19.5. The van der Waals surface area contributed by atoms with Crippen molar-refractivity contribution in [2.45, 2.75) is 19.8 Å². The van der Waals surface area contributed by atoms with Crippen molar-refractivity contribution in [3.8, 4) is 10.7 Å². The highest BCUT2D eigenvalue weighted by molar-refractivity contribution is 7.17. The van der Waals surface area contributed by atoms with Crippen molar-refractivity contribution in [2.75, 3.05) is 20.3 Å². The highest BCUT2D eigenvalue weighted by Crippen LogP contribution is 2.26. The molecule has 0 radical (unpaired) electrons. The molecule has 0 spiro atoms. The molecule has 2 aromatic rings. The first-order valence-corrected chi connectivity index (χ1v) is 8.72. The van der Waals surface area contributed by atoms with Crippen molar-refractivity contribution >= 4 is 29.2 Å². The van der Waals surface area contributed by atoms with Crippen LogP contribution in [0.5, 0.6) is 0 Å². The van der Waals surface area contributed by atoms with Crippen molar-refractivity contribution < 1.29 is 23.9 Å². The molecule has 1 N–H and O–H groups in total. The molecule has 0 aromatic carbocycles. The van der Waals surface area contributed by atoms with E-state index in [4.69, 9.17) is 4.74 Å². The molecule has 8 nitrogen and oxygen atoms in total. The van der Waals surface area contributed by atoms with E-state index in [1.807, 2.05) is 6.07 Å². The molecule has 0 bridgehead atoms. The Hall–Kier alpha value is -2.81. The quantitative estimate of drug-likeness (QED) is 0.551. The summed E-state index contributed by atoms with van der Waals surface area (Å²) in [6, 6.07) is 5.43. The molecular formula is C17H19N3O5S. The van der Waals surface area contributed by atoms with Gasteiger partial charge in [0.1, 0.15) is 9.88 Å². The fourth-order valence-corrected chi connectivity index (χ4v) is 2.93. The van der Waals surface area contributed by atoms with Gasteiger partial charge in [-0.1, -0.05) is 6.07 Å². The van der Waals surface area contributed by atoms with Crippen molar-refractivity contribution in [1.82, 2.24) is 15.3 Å². The van der Waals surface area contributed by atoms with Crippen molar-refractivity contribution in [2.24, 2.45) is 0 Å². The summed E-state index contributed by atoms with van der Waals surface area (Å²) in [5.41, 5.74) is 1.20. The van der Waals surface area contributed by atoms with E-state index in [1.165, 1.54) is 18.4 Å². The van der Waals surface area contributed by atoms with E-state index in [-0.39, 0.29) is 12.4 Å². The van der Waals surface area contributed by atoms with E-state index >= 15 is 0 Å². The van der Waals surface area contributed by atoms with Gasteiger partial charge in [0.2, 0.25) is 0 Å². The number of esters is 2. The number of hydrogen-bond donors (Lipinski definition) is 1. The van der Waals surface area contributed by atoms with Gasteiger partial charge in [-0.3, -0.25) is 14.6 Å². The molecule has 2 aromatic heterocycles. The highest BCUT2D eigenvalue weighted by Gasteiger charge is 2.19. The number of rotatable bonds is 8. The summed E-state index contributed by atoms with van der Waals surface area (Å²) in [6.07, 6.45) is 2.31. The first-order valence-electron chi connectivity index (χ1n) is 7.90. The summed E-state index contributed by atoms with van der Waals surface area (Å²) in [6.45, 7) is 1.61. The van der Waals surface area contributed by atoms with Gasteiger partial charge in [-0.25, -0.2) is 9.78 Å². The van der Waals surface area contributed by atoms with E-state index in [0.29, 0.717) is 34.2 Å². The molecule has 0 fully saturated rings. The number of nitrogens with one attached hydrogen (secondary N) is 1. The Labute approximate surface area is 154 Å². The van der Waals surface area contributed by atoms with Gasteiger partial charge < -0.3 is 14.8 Å². The first-order chi connectivity index (χ1) is 12.5. The second kappa shape index (κ2) is 9.62. The van der Waals surface area contributed by atoms with Crippen LogP contribution in [0.15, 0.2) is 24.4 Å². The summed E-state index contributed by atoms with van der Waals surface area (Å²) in [5, 5.41) is 3.18. The third-order valence-electron chi connectivity index (χ3n) is 3.31. The van der Waals surface area contributed by atoms with E-state index in [2.05, 4.69) is 20.0 Å². The average Bonchev–Trinajstić information content (AvgIpc) is 3.05. The largest absolute Gasteiger partial charge is 0.469 e. The summed E-state index contributed by atoms with van der Waals surface area (Å²) in [7, 11) is 1.31. The second-order valence-electron chi connectivity index (χ2n) is 5.25. The Kier molecular flexibility index (Phi) is 7.22. The smallest absolute Gasteiger partial charge is 0.350 e. The fraction of sp³-hybridized carbons (Fsp3) is 0.353. The molecule has 0 aliphatic carbocycles. The number of carbonyl (C=O) groups excluding carboxylic acids is 3. The predicted octanol–water partition coefficient (Wildman–Crippen LogP) is 1.74. The number of ether oxygens (including phenoxy) is 2. The number of hydrogen-bond acceptors (Lipinski definition) is 8. The van der Waals surface area contributed by atoms with Gasteiger partial charge in [-0.15, -0.1) is 11.3 Å². The molecule has 2 rings (SSSR count). The lowest BCUT2D eigenvalue weighted by Gasteiger charge is -2.05. The van der Waals surface area contributed by atoms with Gasteiger partial charge in [0.25, 0.3) is 5.91 Å². The number of pyridine rings is 1. The van der Waals surface area contributed by atoms with Crippen LogP contribution in [0.1, 0.15) is 28.2 Å². The van der Waals surface area contributed by atoms with Gasteiger partial charge in [-0.05, 0) is 25.5 Å². The van der Waals surface area contributed by atoms with Crippen LogP contribution in [0.3, 0.4) is 0 Å². The van der Waals surface area contributed by atoms with Crippen molar-refractivity contribution in [1.29, 1.82) is 0 Å². The number of aryl methyl sites for hydroxylation is 1. The van der Waals surface area contributed by atoms with Crippen LogP contribution < -0.4 is 5.32 Å². The number of carbonyl (C=O) groups is 3. The van der Waals surface area contributed by atoms with Crippen LogP contribution in [0, 0.1) is 6.92 Å². The number of nitrogens with zero attached hydrogens (tertiary/aromatic N) is 2. The van der Waals surface area contributed by atoms with Crippen LogP contribution in [0.4, 0.5) is 0 Å². The molecule has 1 amide bonds. The third kappa shape index (κ3) is 5.62. The monoisotopic (exact) mass is 377 g/mol. The molecule has 0 aliphatic heterocycles. The Morgan fingerprint density at radius 1 is 1.27 bits per heavy atom. The van der Waals surface area contributed by atoms with E-state index < -0.39 is 18.5 Å². The Bertz CT molecular complexity index is 776. The zero-order valence-corrected chi connectivity index (χ0v) is 15.3. The lowest BCUT2D eigenvalue weighted by atomic mass is 10.3. The van der Waals surface area contributed by atoms with Crippen LogP contribution in [0.25, 0.3) is 10.7 Å². The summed E-state index contributed by atoms with van der Waals surface area (Å²) >= 11 is 1.17. The summed E-state index contributed by atoms with van der Waals surface area (Å²) in [4.78, 5) is 43.6. The zero-order valence-electron chi connectivity index (χ0n) is 14.5. The van der Waals surface area contributed by atoms with Gasteiger partial charge in [0.15, 0.2) is 6.61 Å². The minimum absolute atomic E-state index is 0.215. The normalized spacial score (nSPS) is 10.2.